The quantitative estimate of drug-likeness (QED) is 0.692. The highest BCUT2D eigenvalue weighted by atomic mass is 35.5. The molecule has 0 bridgehead atoms. The molecule has 0 aliphatic carbocycles. The summed E-state index contributed by atoms with van der Waals surface area (Å²) in [5, 5.41) is 3.53. The van der Waals surface area contributed by atoms with Crippen LogP contribution in [0.1, 0.15) is 39.7 Å². The van der Waals surface area contributed by atoms with E-state index >= 15 is 0 Å². The van der Waals surface area contributed by atoms with Crippen molar-refractivity contribution >= 4 is 23.4 Å². The molecule has 156 valence electrons. The molecule has 29 heavy (non-hydrogen) atoms. The van der Waals surface area contributed by atoms with Crippen LogP contribution in [-0.2, 0) is 16.1 Å². The highest BCUT2D eigenvalue weighted by molar-refractivity contribution is 6.31. The summed E-state index contributed by atoms with van der Waals surface area (Å²) in [4.78, 5) is 27.5. The van der Waals surface area contributed by atoms with Crippen molar-refractivity contribution < 1.29 is 14.3 Å². The first-order chi connectivity index (χ1) is 13.7. The third-order valence-corrected chi connectivity index (χ3v) is 4.66. The van der Waals surface area contributed by atoms with Crippen LogP contribution < -0.4 is 10.1 Å². The highest BCUT2D eigenvalue weighted by Crippen LogP contribution is 2.20. The maximum atomic E-state index is 13.1. The van der Waals surface area contributed by atoms with E-state index in [1.165, 1.54) is 0 Å². The number of benzene rings is 2. The van der Waals surface area contributed by atoms with Gasteiger partial charge in [0.15, 0.2) is 6.61 Å². The van der Waals surface area contributed by atoms with Gasteiger partial charge in [-0.05, 0) is 51.0 Å². The molecule has 6 heteroatoms. The summed E-state index contributed by atoms with van der Waals surface area (Å²) in [5.41, 5.74) is 0.383. The molecular formula is C23H29ClN2O3. The number of hydrogen-bond acceptors (Lipinski definition) is 3. The van der Waals surface area contributed by atoms with Gasteiger partial charge in [-0.1, -0.05) is 54.9 Å². The molecule has 0 saturated carbocycles. The van der Waals surface area contributed by atoms with Gasteiger partial charge in [-0.15, -0.1) is 0 Å². The molecule has 5 nitrogen and oxygen atoms in total. The molecule has 1 N–H and O–H groups in total. The molecule has 0 heterocycles. The van der Waals surface area contributed by atoms with Crippen molar-refractivity contribution in [2.24, 2.45) is 0 Å². The van der Waals surface area contributed by atoms with Gasteiger partial charge in [0.2, 0.25) is 5.91 Å². The number of hydrogen-bond donors (Lipinski definition) is 1. The number of halogens is 1. The van der Waals surface area contributed by atoms with Crippen LogP contribution in [0.25, 0.3) is 0 Å². The number of amides is 2. The van der Waals surface area contributed by atoms with Crippen LogP contribution in [-0.4, -0.2) is 34.9 Å². The first-order valence-electron chi connectivity index (χ1n) is 9.74. The van der Waals surface area contributed by atoms with E-state index in [9.17, 15) is 9.59 Å². The van der Waals surface area contributed by atoms with E-state index < -0.39 is 11.6 Å². The minimum Gasteiger partial charge on any atom is -0.484 e. The Morgan fingerprint density at radius 3 is 2.28 bits per heavy atom. The Labute approximate surface area is 178 Å². The molecule has 0 spiro atoms. The van der Waals surface area contributed by atoms with Crippen LogP contribution in [0.5, 0.6) is 5.75 Å². The third-order valence-electron chi connectivity index (χ3n) is 4.29. The molecular weight excluding hydrogens is 388 g/mol. The van der Waals surface area contributed by atoms with Crippen LogP contribution >= 0.6 is 11.6 Å². The van der Waals surface area contributed by atoms with Gasteiger partial charge in [-0.25, -0.2) is 0 Å². The monoisotopic (exact) mass is 416 g/mol. The van der Waals surface area contributed by atoms with Gasteiger partial charge in [0.05, 0.1) is 0 Å². The average Bonchev–Trinajstić information content (AvgIpc) is 2.67. The predicted octanol–water partition coefficient (Wildman–Crippen LogP) is 4.44. The van der Waals surface area contributed by atoms with Gasteiger partial charge < -0.3 is 15.0 Å². The van der Waals surface area contributed by atoms with E-state index in [1.54, 1.807) is 23.1 Å². The van der Waals surface area contributed by atoms with Gasteiger partial charge in [0.25, 0.3) is 5.91 Å². The second kappa shape index (κ2) is 10.3. The second-order valence-corrected chi connectivity index (χ2v) is 8.29. The zero-order valence-electron chi connectivity index (χ0n) is 17.4. The summed E-state index contributed by atoms with van der Waals surface area (Å²) < 4.78 is 5.64. The fraction of sp³-hybridized carbons (Fsp3) is 0.391. The molecule has 0 aromatic heterocycles. The Balaban J connectivity index is 2.24. The molecule has 1 atom stereocenters. The zero-order chi connectivity index (χ0) is 21.4. The second-order valence-electron chi connectivity index (χ2n) is 7.88. The van der Waals surface area contributed by atoms with Crippen molar-refractivity contribution in [1.29, 1.82) is 0 Å². The van der Waals surface area contributed by atoms with Gasteiger partial charge in [0.1, 0.15) is 11.8 Å². The van der Waals surface area contributed by atoms with Gasteiger partial charge in [-0.3, -0.25) is 9.59 Å². The summed E-state index contributed by atoms with van der Waals surface area (Å²) in [6.45, 7) is 7.70. The Morgan fingerprint density at radius 2 is 1.69 bits per heavy atom. The third kappa shape index (κ3) is 7.09. The molecule has 2 rings (SSSR count). The van der Waals surface area contributed by atoms with Gasteiger partial charge in [0, 0.05) is 17.1 Å². The number of rotatable bonds is 8. The first-order valence-corrected chi connectivity index (χ1v) is 10.1. The van der Waals surface area contributed by atoms with Crippen LogP contribution in [0.4, 0.5) is 0 Å². The average molecular weight is 417 g/mol. The summed E-state index contributed by atoms with van der Waals surface area (Å²) in [5.74, 6) is 0.135. The number of nitrogens with zero attached hydrogens (tertiary/aromatic N) is 1. The fourth-order valence-electron chi connectivity index (χ4n) is 2.93. The largest absolute Gasteiger partial charge is 0.484 e. The topological polar surface area (TPSA) is 58.6 Å². The lowest BCUT2D eigenvalue weighted by Crippen LogP contribution is -2.54. The van der Waals surface area contributed by atoms with E-state index in [2.05, 4.69) is 5.32 Å². The van der Waals surface area contributed by atoms with Crippen LogP contribution in [0.3, 0.4) is 0 Å². The number of para-hydroxylation sites is 1. The summed E-state index contributed by atoms with van der Waals surface area (Å²) >= 11 is 6.31. The van der Waals surface area contributed by atoms with E-state index in [-0.39, 0.29) is 25.0 Å². The van der Waals surface area contributed by atoms with Crippen molar-refractivity contribution in [2.75, 3.05) is 6.61 Å². The van der Waals surface area contributed by atoms with Crippen molar-refractivity contribution in [2.45, 2.75) is 52.2 Å². The smallest absolute Gasteiger partial charge is 0.261 e. The number of ether oxygens (including phenoxy) is 1. The maximum absolute atomic E-state index is 13.1. The Kier molecular flexibility index (Phi) is 8.09. The molecule has 2 aromatic carbocycles. The van der Waals surface area contributed by atoms with E-state index in [0.717, 1.165) is 5.56 Å². The lowest BCUT2D eigenvalue weighted by Gasteiger charge is -2.33. The van der Waals surface area contributed by atoms with Crippen LogP contribution in [0.15, 0.2) is 54.6 Å². The van der Waals surface area contributed by atoms with Gasteiger partial charge >= 0.3 is 0 Å². The highest BCUT2D eigenvalue weighted by Gasteiger charge is 2.31. The molecule has 0 saturated heterocycles. The molecule has 2 amide bonds. The minimum atomic E-state index is -0.627. The minimum absolute atomic E-state index is 0.159. The lowest BCUT2D eigenvalue weighted by molar-refractivity contribution is -0.143. The molecule has 0 aliphatic heterocycles. The lowest BCUT2D eigenvalue weighted by atomic mass is 10.1. The summed E-state index contributed by atoms with van der Waals surface area (Å²) in [6, 6.07) is 15.8. The van der Waals surface area contributed by atoms with Gasteiger partial charge in [-0.2, -0.15) is 0 Å². The fourth-order valence-corrected chi connectivity index (χ4v) is 3.12. The Morgan fingerprint density at radius 1 is 1.07 bits per heavy atom. The van der Waals surface area contributed by atoms with E-state index in [4.69, 9.17) is 16.3 Å². The molecule has 0 unspecified atom stereocenters. The Hall–Kier alpha value is -2.53. The van der Waals surface area contributed by atoms with Crippen LogP contribution in [0.2, 0.25) is 5.02 Å². The summed E-state index contributed by atoms with van der Waals surface area (Å²) in [7, 11) is 0. The first kappa shape index (κ1) is 22.8. The zero-order valence-corrected chi connectivity index (χ0v) is 18.2. The predicted molar refractivity (Wildman–Crippen MR) is 116 cm³/mol. The van der Waals surface area contributed by atoms with Crippen molar-refractivity contribution in [3.63, 3.8) is 0 Å². The normalized spacial score (nSPS) is 12.2. The molecule has 0 aliphatic rings. The van der Waals surface area contributed by atoms with E-state index in [1.807, 2.05) is 64.1 Å². The maximum Gasteiger partial charge on any atom is 0.261 e. The van der Waals surface area contributed by atoms with E-state index in [0.29, 0.717) is 17.2 Å². The number of carbonyl (C=O) groups excluding carboxylic acids is 2. The van der Waals surface area contributed by atoms with Crippen molar-refractivity contribution in [1.82, 2.24) is 10.2 Å². The standard InChI is InChI=1S/C23H29ClN2O3/c1-5-20(22(28)25-23(2,3)4)26(15-17-11-9-10-14-19(17)24)21(27)16-29-18-12-7-6-8-13-18/h6-14,20H,5,15-16H2,1-4H3,(H,25,28)/t20-/m1/s1. The number of carbonyl (C=O) groups is 2. The molecule has 0 radical (unpaired) electrons. The Bertz CT molecular complexity index is 818. The molecule has 0 fully saturated rings. The summed E-state index contributed by atoms with van der Waals surface area (Å²) in [6.07, 6.45) is 0.476. The number of nitrogens with one attached hydrogen (secondary N) is 1. The van der Waals surface area contributed by atoms with Crippen molar-refractivity contribution in [3.8, 4) is 5.75 Å². The van der Waals surface area contributed by atoms with Crippen molar-refractivity contribution in [3.05, 3.63) is 65.2 Å². The SMILES string of the molecule is CC[C@H](C(=O)NC(C)(C)C)N(Cc1ccccc1Cl)C(=O)COc1ccccc1. The molecule has 2 aromatic rings. The van der Waals surface area contributed by atoms with Crippen LogP contribution in [0, 0.1) is 0 Å².